The van der Waals surface area contributed by atoms with Gasteiger partial charge in [-0.2, -0.15) is 0 Å². The first-order valence-corrected chi connectivity index (χ1v) is 7.41. The van der Waals surface area contributed by atoms with E-state index in [-0.39, 0.29) is 17.2 Å². The van der Waals surface area contributed by atoms with E-state index in [1.807, 2.05) is 0 Å². The van der Waals surface area contributed by atoms with Gasteiger partial charge in [-0.3, -0.25) is 14.3 Å². The van der Waals surface area contributed by atoms with Gasteiger partial charge in [-0.1, -0.05) is 12.1 Å². The molecule has 0 heterocycles. The normalized spacial score (nSPS) is 10.9. The minimum atomic E-state index is -3.81. The number of carboxylic acids is 1. The summed E-state index contributed by atoms with van der Waals surface area (Å²) in [6, 6.07) is 6.15. The molecule has 110 valence electrons. The number of anilines is 1. The molecular formula is C12H16N2O5S. The van der Waals surface area contributed by atoms with Crippen LogP contribution in [0, 0.1) is 0 Å². The number of nitrogens with zero attached hydrogens (tertiary/aromatic N) is 1. The first-order valence-electron chi connectivity index (χ1n) is 5.76. The van der Waals surface area contributed by atoms with Crippen LogP contribution in [0.15, 0.2) is 24.3 Å². The Morgan fingerprint density at radius 2 is 1.85 bits per heavy atom. The molecule has 2 N–H and O–H groups in total. The molecule has 1 rings (SSSR count). The number of aliphatic carboxylic acids is 1. The van der Waals surface area contributed by atoms with Gasteiger partial charge in [0.15, 0.2) is 0 Å². The van der Waals surface area contributed by atoms with Gasteiger partial charge in [0, 0.05) is 14.1 Å². The number of hydrogen-bond acceptors (Lipinski definition) is 4. The van der Waals surface area contributed by atoms with Crippen LogP contribution in [0.2, 0.25) is 0 Å². The maximum Gasteiger partial charge on any atom is 0.304 e. The monoisotopic (exact) mass is 300 g/mol. The van der Waals surface area contributed by atoms with Crippen LogP contribution >= 0.6 is 0 Å². The fourth-order valence-electron chi connectivity index (χ4n) is 1.44. The van der Waals surface area contributed by atoms with E-state index in [0.717, 1.165) is 0 Å². The second-order valence-electron chi connectivity index (χ2n) is 4.31. The third kappa shape index (κ3) is 4.54. The molecule has 1 aromatic carbocycles. The lowest BCUT2D eigenvalue weighted by Gasteiger charge is -2.15. The zero-order valence-corrected chi connectivity index (χ0v) is 12.0. The van der Waals surface area contributed by atoms with Crippen molar-refractivity contribution in [1.29, 1.82) is 0 Å². The molecule has 0 fully saturated rings. The largest absolute Gasteiger partial charge is 0.481 e. The van der Waals surface area contributed by atoms with E-state index < -0.39 is 28.2 Å². The number of sulfonamides is 1. The third-order valence-electron chi connectivity index (χ3n) is 2.41. The molecule has 1 amide bonds. The first kappa shape index (κ1) is 16.0. The summed E-state index contributed by atoms with van der Waals surface area (Å²) in [4.78, 5) is 23.6. The summed E-state index contributed by atoms with van der Waals surface area (Å²) in [5.74, 6) is -2.10. The van der Waals surface area contributed by atoms with Crippen LogP contribution in [0.4, 0.5) is 5.69 Å². The van der Waals surface area contributed by atoms with Crippen LogP contribution in [-0.2, 0) is 14.8 Å². The van der Waals surface area contributed by atoms with Gasteiger partial charge in [0.25, 0.3) is 5.91 Å². The molecule has 0 radical (unpaired) electrons. The molecule has 0 unspecified atom stereocenters. The predicted molar refractivity (Wildman–Crippen MR) is 74.1 cm³/mol. The summed E-state index contributed by atoms with van der Waals surface area (Å²) >= 11 is 0. The van der Waals surface area contributed by atoms with E-state index in [4.69, 9.17) is 5.11 Å². The fourth-order valence-corrected chi connectivity index (χ4v) is 2.50. The van der Waals surface area contributed by atoms with Crippen molar-refractivity contribution in [3.05, 3.63) is 29.8 Å². The van der Waals surface area contributed by atoms with Crippen LogP contribution in [0.5, 0.6) is 0 Å². The van der Waals surface area contributed by atoms with Gasteiger partial charge in [0.05, 0.1) is 23.4 Å². The summed E-state index contributed by atoms with van der Waals surface area (Å²) in [5.41, 5.74) is 0.341. The van der Waals surface area contributed by atoms with Gasteiger partial charge >= 0.3 is 5.97 Å². The average molecular weight is 300 g/mol. The minimum Gasteiger partial charge on any atom is -0.481 e. The van der Waals surface area contributed by atoms with E-state index in [1.165, 1.54) is 17.0 Å². The van der Waals surface area contributed by atoms with E-state index >= 15 is 0 Å². The fraction of sp³-hybridized carbons (Fsp3) is 0.333. The molecule has 7 nitrogen and oxygen atoms in total. The second kappa shape index (κ2) is 6.38. The van der Waals surface area contributed by atoms with Crippen molar-refractivity contribution in [3.8, 4) is 0 Å². The van der Waals surface area contributed by atoms with Crippen molar-refractivity contribution in [2.45, 2.75) is 6.42 Å². The third-order valence-corrected chi connectivity index (χ3v) is 3.69. The van der Waals surface area contributed by atoms with E-state index in [0.29, 0.717) is 0 Å². The summed E-state index contributed by atoms with van der Waals surface area (Å²) in [6.45, 7) is 0. The minimum absolute atomic E-state index is 0.136. The molecule has 0 aliphatic rings. The summed E-state index contributed by atoms with van der Waals surface area (Å²) in [6.07, 6.45) is -0.501. The van der Waals surface area contributed by atoms with E-state index in [9.17, 15) is 18.0 Å². The number of carbonyl (C=O) groups is 2. The Kier molecular flexibility index (Phi) is 5.09. The van der Waals surface area contributed by atoms with Gasteiger partial charge < -0.3 is 10.0 Å². The number of carboxylic acid groups (broad SMARTS) is 1. The maximum atomic E-state index is 11.9. The van der Waals surface area contributed by atoms with E-state index in [1.54, 1.807) is 26.2 Å². The molecule has 0 aliphatic carbocycles. The van der Waals surface area contributed by atoms with Crippen molar-refractivity contribution < 1.29 is 23.1 Å². The quantitative estimate of drug-likeness (QED) is 0.801. The van der Waals surface area contributed by atoms with Gasteiger partial charge in [0.1, 0.15) is 0 Å². The number of amides is 1. The number of para-hydroxylation sites is 1. The maximum absolute atomic E-state index is 11.9. The van der Waals surface area contributed by atoms with Gasteiger partial charge in [-0.05, 0) is 12.1 Å². The Bertz CT molecular complexity index is 610. The number of nitrogens with one attached hydrogen (secondary N) is 1. The predicted octanol–water partition coefficient (Wildman–Crippen LogP) is 0.605. The summed E-state index contributed by atoms with van der Waals surface area (Å²) in [7, 11) is -0.706. The smallest absolute Gasteiger partial charge is 0.304 e. The van der Waals surface area contributed by atoms with Crippen molar-refractivity contribution in [2.75, 3.05) is 24.6 Å². The summed E-state index contributed by atoms with van der Waals surface area (Å²) < 4.78 is 25.7. The van der Waals surface area contributed by atoms with Crippen molar-refractivity contribution >= 4 is 27.6 Å². The highest BCUT2D eigenvalue weighted by molar-refractivity contribution is 7.92. The summed E-state index contributed by atoms with van der Waals surface area (Å²) in [5, 5.41) is 8.51. The topological polar surface area (TPSA) is 104 Å². The van der Waals surface area contributed by atoms with Crippen LogP contribution in [0.25, 0.3) is 0 Å². The Labute approximate surface area is 117 Å². The van der Waals surface area contributed by atoms with Crippen LogP contribution < -0.4 is 4.72 Å². The molecule has 1 aromatic rings. The molecule has 0 bridgehead atoms. The molecule has 0 aliphatic heterocycles. The average Bonchev–Trinajstić information content (AvgIpc) is 2.36. The lowest BCUT2D eigenvalue weighted by atomic mass is 10.1. The highest BCUT2D eigenvalue weighted by Crippen LogP contribution is 2.18. The van der Waals surface area contributed by atoms with Crippen molar-refractivity contribution in [2.24, 2.45) is 0 Å². The van der Waals surface area contributed by atoms with E-state index in [2.05, 4.69) is 4.72 Å². The molecule has 0 aromatic heterocycles. The van der Waals surface area contributed by atoms with Crippen LogP contribution in [0.1, 0.15) is 16.8 Å². The molecule has 0 saturated carbocycles. The molecule has 0 spiro atoms. The van der Waals surface area contributed by atoms with Crippen LogP contribution in [0.3, 0.4) is 0 Å². The zero-order valence-electron chi connectivity index (χ0n) is 11.2. The molecule has 8 heteroatoms. The van der Waals surface area contributed by atoms with Gasteiger partial charge in [0.2, 0.25) is 10.0 Å². The van der Waals surface area contributed by atoms with Gasteiger partial charge in [-0.25, -0.2) is 8.42 Å². The first-order chi connectivity index (χ1) is 9.23. The zero-order chi connectivity index (χ0) is 15.3. The Morgan fingerprint density at radius 1 is 1.25 bits per heavy atom. The Hall–Kier alpha value is -2.09. The SMILES string of the molecule is CN(C)C(=O)c1ccccc1NS(=O)(=O)CCC(=O)O. The molecular weight excluding hydrogens is 284 g/mol. The molecule has 0 atom stereocenters. The van der Waals surface area contributed by atoms with Crippen molar-refractivity contribution in [3.63, 3.8) is 0 Å². The molecule has 0 saturated heterocycles. The number of hydrogen-bond donors (Lipinski definition) is 2. The lowest BCUT2D eigenvalue weighted by molar-refractivity contribution is -0.136. The number of rotatable bonds is 6. The number of benzene rings is 1. The number of carbonyl (C=O) groups excluding carboxylic acids is 1. The lowest BCUT2D eigenvalue weighted by Crippen LogP contribution is -2.25. The second-order valence-corrected chi connectivity index (χ2v) is 6.15. The standard InChI is InChI=1S/C12H16N2O5S/c1-14(2)12(17)9-5-3-4-6-10(9)13-20(18,19)8-7-11(15)16/h3-6,13H,7-8H2,1-2H3,(H,15,16). The highest BCUT2D eigenvalue weighted by atomic mass is 32.2. The van der Waals surface area contributed by atoms with Gasteiger partial charge in [-0.15, -0.1) is 0 Å². The highest BCUT2D eigenvalue weighted by Gasteiger charge is 2.18. The Morgan fingerprint density at radius 3 is 2.40 bits per heavy atom. The van der Waals surface area contributed by atoms with Crippen LogP contribution in [-0.4, -0.2) is 50.1 Å². The Balaban J connectivity index is 2.98. The van der Waals surface area contributed by atoms with Crippen molar-refractivity contribution in [1.82, 2.24) is 4.90 Å². The molecule has 20 heavy (non-hydrogen) atoms.